The van der Waals surface area contributed by atoms with Crippen molar-refractivity contribution in [2.45, 2.75) is 83.1 Å². The Morgan fingerprint density at radius 2 is 1.81 bits per heavy atom. The van der Waals surface area contributed by atoms with Gasteiger partial charge >= 0.3 is 0 Å². The standard InChI is InChI=1S/C25H32N4O2/c1-18(30)28-20(14-19-8-4-3-5-9-19)21-15-25(2)22(28)10-6-7-11-23(25)29(21)24(31)16-27-13-12-26-17-27/h3-5,8-9,12-13,17,20-23H,6-7,10-11,14-16H2,1-2H3/t20-,21+,22-,23+,25-/m1/s1. The normalized spacial score (nSPS) is 32.1. The third-order valence-corrected chi connectivity index (χ3v) is 8.02. The minimum Gasteiger partial charge on any atom is -0.334 e. The summed E-state index contributed by atoms with van der Waals surface area (Å²) in [5, 5.41) is 0. The first kappa shape index (κ1) is 20.3. The summed E-state index contributed by atoms with van der Waals surface area (Å²) in [6.07, 6.45) is 11.4. The van der Waals surface area contributed by atoms with E-state index in [-0.39, 0.29) is 41.4 Å². The lowest BCUT2D eigenvalue weighted by Crippen LogP contribution is -2.61. The topological polar surface area (TPSA) is 58.4 Å². The molecule has 6 nitrogen and oxygen atoms in total. The second-order valence-electron chi connectivity index (χ2n) is 9.81. The van der Waals surface area contributed by atoms with Gasteiger partial charge in [0.15, 0.2) is 0 Å². The lowest BCUT2D eigenvalue weighted by atomic mass is 9.69. The average Bonchev–Trinajstić information content (AvgIpc) is 3.30. The molecule has 3 aliphatic rings. The van der Waals surface area contributed by atoms with Crippen molar-refractivity contribution in [3.63, 3.8) is 0 Å². The number of fused-ring (bicyclic) bond motifs is 1. The van der Waals surface area contributed by atoms with Gasteiger partial charge in [0.25, 0.3) is 0 Å². The molecule has 0 unspecified atom stereocenters. The number of amides is 2. The van der Waals surface area contributed by atoms with Crippen molar-refractivity contribution in [3.05, 3.63) is 54.6 Å². The molecule has 1 aromatic heterocycles. The second-order valence-corrected chi connectivity index (χ2v) is 9.81. The number of carbonyl (C=O) groups excluding carboxylic acids is 2. The number of rotatable bonds is 4. The van der Waals surface area contributed by atoms with Gasteiger partial charge in [-0.2, -0.15) is 0 Å². The van der Waals surface area contributed by atoms with Crippen LogP contribution in [-0.2, 0) is 22.6 Å². The molecule has 3 heterocycles. The summed E-state index contributed by atoms with van der Waals surface area (Å²) in [4.78, 5) is 35.1. The summed E-state index contributed by atoms with van der Waals surface area (Å²) >= 11 is 0. The van der Waals surface area contributed by atoms with Gasteiger partial charge in [-0.3, -0.25) is 9.59 Å². The molecule has 2 bridgehead atoms. The average molecular weight is 421 g/mol. The summed E-state index contributed by atoms with van der Waals surface area (Å²) in [7, 11) is 0. The van der Waals surface area contributed by atoms with E-state index in [2.05, 4.69) is 46.0 Å². The van der Waals surface area contributed by atoms with Crippen LogP contribution in [0.3, 0.4) is 0 Å². The van der Waals surface area contributed by atoms with Gasteiger partial charge in [-0.1, -0.05) is 50.1 Å². The Morgan fingerprint density at radius 3 is 2.45 bits per heavy atom. The molecular weight excluding hydrogens is 388 g/mol. The lowest BCUT2D eigenvalue weighted by molar-refractivity contribution is -0.143. The van der Waals surface area contributed by atoms with Crippen molar-refractivity contribution in [3.8, 4) is 0 Å². The van der Waals surface area contributed by atoms with E-state index in [1.807, 2.05) is 16.8 Å². The van der Waals surface area contributed by atoms with E-state index in [9.17, 15) is 9.59 Å². The highest BCUT2D eigenvalue weighted by molar-refractivity contribution is 5.79. The molecule has 6 heteroatoms. The van der Waals surface area contributed by atoms with Gasteiger partial charge in [0.2, 0.25) is 11.8 Å². The van der Waals surface area contributed by atoms with Crippen LogP contribution in [0.25, 0.3) is 0 Å². The summed E-state index contributed by atoms with van der Waals surface area (Å²) < 4.78 is 1.86. The van der Waals surface area contributed by atoms with Crippen LogP contribution >= 0.6 is 0 Å². The maximum absolute atomic E-state index is 13.7. The number of aromatic nitrogens is 2. The molecule has 1 aromatic carbocycles. The predicted molar refractivity (Wildman–Crippen MR) is 118 cm³/mol. The number of likely N-dealkylation sites (tertiary alicyclic amines) is 2. The molecule has 1 aliphatic carbocycles. The molecule has 2 aliphatic heterocycles. The van der Waals surface area contributed by atoms with Crippen molar-refractivity contribution in [2.24, 2.45) is 5.41 Å². The first-order chi connectivity index (χ1) is 15.0. The van der Waals surface area contributed by atoms with Crippen LogP contribution in [0.2, 0.25) is 0 Å². The predicted octanol–water partition coefficient (Wildman–Crippen LogP) is 3.27. The van der Waals surface area contributed by atoms with Gasteiger partial charge in [0, 0.05) is 36.8 Å². The fourth-order valence-electron chi connectivity index (χ4n) is 6.78. The molecule has 2 saturated heterocycles. The molecule has 5 atom stereocenters. The molecule has 31 heavy (non-hydrogen) atoms. The Morgan fingerprint density at radius 1 is 1.10 bits per heavy atom. The van der Waals surface area contributed by atoms with Crippen LogP contribution < -0.4 is 0 Å². The first-order valence-electron chi connectivity index (χ1n) is 11.6. The van der Waals surface area contributed by atoms with Crippen molar-refractivity contribution in [1.82, 2.24) is 19.4 Å². The molecule has 2 amide bonds. The highest BCUT2D eigenvalue weighted by Crippen LogP contribution is 2.55. The molecule has 0 radical (unpaired) electrons. The zero-order valence-corrected chi connectivity index (χ0v) is 18.5. The molecule has 0 spiro atoms. The molecule has 2 aromatic rings. The fraction of sp³-hybridized carbons (Fsp3) is 0.560. The van der Waals surface area contributed by atoms with Gasteiger partial charge in [0.05, 0.1) is 18.4 Å². The van der Waals surface area contributed by atoms with Crippen LogP contribution in [0, 0.1) is 5.41 Å². The van der Waals surface area contributed by atoms with Crippen molar-refractivity contribution in [1.29, 1.82) is 0 Å². The van der Waals surface area contributed by atoms with Crippen molar-refractivity contribution in [2.75, 3.05) is 0 Å². The minimum absolute atomic E-state index is 0.0211. The molecular formula is C25H32N4O2. The molecule has 3 fully saturated rings. The van der Waals surface area contributed by atoms with Crippen LogP contribution in [0.4, 0.5) is 0 Å². The van der Waals surface area contributed by atoms with E-state index in [0.29, 0.717) is 6.54 Å². The maximum atomic E-state index is 13.7. The van der Waals surface area contributed by atoms with Gasteiger partial charge in [0.1, 0.15) is 6.54 Å². The van der Waals surface area contributed by atoms with E-state index in [1.165, 1.54) is 5.56 Å². The van der Waals surface area contributed by atoms with Crippen molar-refractivity contribution >= 4 is 11.8 Å². The number of imidazole rings is 1. The quantitative estimate of drug-likeness (QED) is 0.763. The Labute approximate surface area is 184 Å². The molecule has 1 saturated carbocycles. The summed E-state index contributed by atoms with van der Waals surface area (Å²) in [6, 6.07) is 10.9. The number of carbonyl (C=O) groups is 2. The number of hydrogen-bond acceptors (Lipinski definition) is 3. The maximum Gasteiger partial charge on any atom is 0.243 e. The van der Waals surface area contributed by atoms with Crippen LogP contribution in [0.1, 0.15) is 51.5 Å². The Hall–Kier alpha value is -2.63. The third kappa shape index (κ3) is 3.36. The zero-order chi connectivity index (χ0) is 21.6. The number of piperidine rings is 1. The van der Waals surface area contributed by atoms with Crippen LogP contribution in [0.15, 0.2) is 49.1 Å². The van der Waals surface area contributed by atoms with Gasteiger partial charge < -0.3 is 14.4 Å². The monoisotopic (exact) mass is 420 g/mol. The third-order valence-electron chi connectivity index (χ3n) is 8.02. The number of benzene rings is 1. The van der Waals surface area contributed by atoms with E-state index in [0.717, 1.165) is 38.5 Å². The summed E-state index contributed by atoms with van der Waals surface area (Å²) in [5.74, 6) is 0.298. The zero-order valence-electron chi connectivity index (χ0n) is 18.5. The second kappa shape index (κ2) is 7.81. The molecule has 164 valence electrons. The van der Waals surface area contributed by atoms with Crippen molar-refractivity contribution < 1.29 is 9.59 Å². The van der Waals surface area contributed by atoms with E-state index in [4.69, 9.17) is 0 Å². The SMILES string of the molecule is CC(=O)N1[C@H](Cc2ccccc2)[C@@H]2C[C@@]3(C)[C@H](CCCC[C@@H]13)N2C(=O)Cn1ccnc1. The van der Waals surface area contributed by atoms with Gasteiger partial charge in [-0.05, 0) is 31.2 Å². The lowest BCUT2D eigenvalue weighted by Gasteiger charge is -2.50. The highest BCUT2D eigenvalue weighted by atomic mass is 16.2. The van der Waals surface area contributed by atoms with Crippen LogP contribution in [0.5, 0.6) is 0 Å². The largest absolute Gasteiger partial charge is 0.334 e. The highest BCUT2D eigenvalue weighted by Gasteiger charge is 2.63. The first-order valence-corrected chi connectivity index (χ1v) is 11.6. The number of nitrogens with zero attached hydrogens (tertiary/aromatic N) is 4. The van der Waals surface area contributed by atoms with Gasteiger partial charge in [-0.15, -0.1) is 0 Å². The Balaban J connectivity index is 1.56. The fourth-order valence-corrected chi connectivity index (χ4v) is 6.78. The Bertz CT molecular complexity index is 944. The smallest absolute Gasteiger partial charge is 0.243 e. The summed E-state index contributed by atoms with van der Waals surface area (Å²) in [6.45, 7) is 4.36. The summed E-state index contributed by atoms with van der Waals surface area (Å²) in [5.41, 5.74) is 1.19. The molecule has 5 rings (SSSR count). The van der Waals surface area contributed by atoms with E-state index in [1.54, 1.807) is 19.4 Å². The van der Waals surface area contributed by atoms with E-state index < -0.39 is 0 Å². The van der Waals surface area contributed by atoms with Crippen LogP contribution in [-0.4, -0.2) is 55.3 Å². The number of hydrogen-bond donors (Lipinski definition) is 0. The minimum atomic E-state index is -0.0371. The van der Waals surface area contributed by atoms with Gasteiger partial charge in [-0.25, -0.2) is 4.98 Å². The Kier molecular flexibility index (Phi) is 5.11. The molecule has 0 N–H and O–H groups in total. The van der Waals surface area contributed by atoms with E-state index >= 15 is 0 Å².